The first-order chi connectivity index (χ1) is 8.76. The molecule has 0 amide bonds. The van der Waals surface area contributed by atoms with Crippen LogP contribution in [0.25, 0.3) is 0 Å². The average Bonchev–Trinajstić information content (AvgIpc) is 2.91. The molecule has 0 aromatic carbocycles. The minimum atomic E-state index is 0.501. The quantitative estimate of drug-likeness (QED) is 0.762. The fourth-order valence-corrected chi connectivity index (χ4v) is 3.50. The van der Waals surface area contributed by atoms with E-state index >= 15 is 0 Å². The third kappa shape index (κ3) is 3.69. The summed E-state index contributed by atoms with van der Waals surface area (Å²) in [6.45, 7) is 10.1. The van der Waals surface area contributed by atoms with Crippen LogP contribution in [0.4, 0.5) is 0 Å². The molecule has 0 radical (unpaired) electrons. The van der Waals surface area contributed by atoms with Gasteiger partial charge in [-0.3, -0.25) is 0 Å². The van der Waals surface area contributed by atoms with Crippen LogP contribution in [0.1, 0.15) is 46.0 Å². The van der Waals surface area contributed by atoms with Gasteiger partial charge in [-0.15, -0.1) is 0 Å². The zero-order valence-corrected chi connectivity index (χ0v) is 12.1. The first-order valence-electron chi connectivity index (χ1n) is 7.78. The Hall–Kier alpha value is -0.120. The van der Waals surface area contributed by atoms with E-state index in [0.29, 0.717) is 11.5 Å². The van der Waals surface area contributed by atoms with Gasteiger partial charge in [-0.05, 0) is 50.5 Å². The Morgan fingerprint density at radius 2 is 2.39 bits per heavy atom. The lowest BCUT2D eigenvalue weighted by Gasteiger charge is -2.39. The standard InChI is InChI=1S/C15H30N2O/c1-3-6-15(7-4-8-16-11-15)12-17-13(2)14-5-9-18-10-14/h13-14,16-17H,3-12H2,1-2H3. The van der Waals surface area contributed by atoms with E-state index in [1.807, 2.05) is 0 Å². The maximum absolute atomic E-state index is 5.49. The smallest absolute Gasteiger partial charge is 0.0509 e. The van der Waals surface area contributed by atoms with Gasteiger partial charge in [0.05, 0.1) is 6.61 Å². The second-order valence-electron chi connectivity index (χ2n) is 6.32. The number of nitrogens with one attached hydrogen (secondary N) is 2. The number of piperidine rings is 1. The lowest BCUT2D eigenvalue weighted by atomic mass is 9.76. The Morgan fingerprint density at radius 3 is 3.00 bits per heavy atom. The summed E-state index contributed by atoms with van der Waals surface area (Å²) in [5.41, 5.74) is 0.501. The summed E-state index contributed by atoms with van der Waals surface area (Å²) in [6.07, 6.45) is 6.59. The molecule has 2 rings (SSSR count). The van der Waals surface area contributed by atoms with Gasteiger partial charge in [-0.1, -0.05) is 13.3 Å². The Balaban J connectivity index is 1.80. The topological polar surface area (TPSA) is 33.3 Å². The van der Waals surface area contributed by atoms with Crippen molar-refractivity contribution >= 4 is 0 Å². The number of rotatable bonds is 6. The molecule has 3 atom stereocenters. The van der Waals surface area contributed by atoms with Crippen LogP contribution in [-0.2, 0) is 4.74 Å². The molecule has 0 aliphatic carbocycles. The van der Waals surface area contributed by atoms with E-state index in [1.165, 1.54) is 51.7 Å². The van der Waals surface area contributed by atoms with Crippen LogP contribution >= 0.6 is 0 Å². The fraction of sp³-hybridized carbons (Fsp3) is 1.00. The van der Waals surface area contributed by atoms with Crippen molar-refractivity contribution in [3.8, 4) is 0 Å². The number of hydrogen-bond acceptors (Lipinski definition) is 3. The Labute approximate surface area is 112 Å². The molecule has 3 nitrogen and oxygen atoms in total. The van der Waals surface area contributed by atoms with Gasteiger partial charge in [-0.25, -0.2) is 0 Å². The van der Waals surface area contributed by atoms with Crippen molar-refractivity contribution in [3.63, 3.8) is 0 Å². The highest BCUT2D eigenvalue weighted by molar-refractivity contribution is 4.89. The molecule has 2 N–H and O–H groups in total. The summed E-state index contributed by atoms with van der Waals surface area (Å²) >= 11 is 0. The fourth-order valence-electron chi connectivity index (χ4n) is 3.50. The van der Waals surface area contributed by atoms with Crippen molar-refractivity contribution in [1.82, 2.24) is 10.6 Å². The molecule has 2 heterocycles. The molecule has 0 spiro atoms. The molecule has 0 bridgehead atoms. The maximum Gasteiger partial charge on any atom is 0.0509 e. The maximum atomic E-state index is 5.49. The van der Waals surface area contributed by atoms with E-state index in [-0.39, 0.29) is 0 Å². The molecule has 2 fully saturated rings. The molecule has 3 heteroatoms. The Morgan fingerprint density at radius 1 is 1.50 bits per heavy atom. The molecule has 3 unspecified atom stereocenters. The van der Waals surface area contributed by atoms with Crippen molar-refractivity contribution in [1.29, 1.82) is 0 Å². The van der Waals surface area contributed by atoms with Crippen molar-refractivity contribution in [2.75, 3.05) is 32.8 Å². The predicted octanol–water partition coefficient (Wildman–Crippen LogP) is 2.17. The van der Waals surface area contributed by atoms with E-state index in [4.69, 9.17) is 4.74 Å². The van der Waals surface area contributed by atoms with E-state index in [1.54, 1.807) is 0 Å². The van der Waals surface area contributed by atoms with Crippen LogP contribution in [0.5, 0.6) is 0 Å². The van der Waals surface area contributed by atoms with Crippen molar-refractivity contribution in [2.24, 2.45) is 11.3 Å². The van der Waals surface area contributed by atoms with Crippen LogP contribution < -0.4 is 10.6 Å². The van der Waals surface area contributed by atoms with Crippen molar-refractivity contribution in [2.45, 2.75) is 52.0 Å². The molecule has 106 valence electrons. The van der Waals surface area contributed by atoms with Gasteiger partial charge in [0, 0.05) is 25.7 Å². The zero-order valence-electron chi connectivity index (χ0n) is 12.1. The largest absolute Gasteiger partial charge is 0.381 e. The lowest BCUT2D eigenvalue weighted by molar-refractivity contribution is 0.157. The van der Waals surface area contributed by atoms with E-state index in [0.717, 1.165) is 19.1 Å². The predicted molar refractivity (Wildman–Crippen MR) is 75.8 cm³/mol. The third-order valence-electron chi connectivity index (χ3n) is 4.81. The van der Waals surface area contributed by atoms with Crippen LogP contribution in [0.15, 0.2) is 0 Å². The van der Waals surface area contributed by atoms with Crippen LogP contribution in [0.3, 0.4) is 0 Å². The van der Waals surface area contributed by atoms with Gasteiger partial charge in [-0.2, -0.15) is 0 Å². The van der Waals surface area contributed by atoms with Crippen LogP contribution in [-0.4, -0.2) is 38.9 Å². The van der Waals surface area contributed by atoms with Gasteiger partial charge >= 0.3 is 0 Å². The molecule has 2 aliphatic heterocycles. The average molecular weight is 254 g/mol. The van der Waals surface area contributed by atoms with Crippen LogP contribution in [0, 0.1) is 11.3 Å². The Bertz CT molecular complexity index is 227. The number of ether oxygens (including phenoxy) is 1. The minimum Gasteiger partial charge on any atom is -0.381 e. The van der Waals surface area contributed by atoms with Crippen molar-refractivity contribution < 1.29 is 4.74 Å². The second kappa shape index (κ2) is 6.88. The summed E-state index contributed by atoms with van der Waals surface area (Å²) < 4.78 is 5.49. The molecule has 18 heavy (non-hydrogen) atoms. The number of hydrogen-bond donors (Lipinski definition) is 2. The van der Waals surface area contributed by atoms with Gasteiger partial charge in [0.2, 0.25) is 0 Å². The van der Waals surface area contributed by atoms with Gasteiger partial charge < -0.3 is 15.4 Å². The molecule has 0 aromatic heterocycles. The second-order valence-corrected chi connectivity index (χ2v) is 6.32. The molecule has 2 aliphatic rings. The van der Waals surface area contributed by atoms with E-state index in [9.17, 15) is 0 Å². The van der Waals surface area contributed by atoms with Gasteiger partial charge in [0.25, 0.3) is 0 Å². The molecular weight excluding hydrogens is 224 g/mol. The summed E-state index contributed by atoms with van der Waals surface area (Å²) in [7, 11) is 0. The molecule has 2 saturated heterocycles. The normalized spacial score (nSPS) is 34.7. The monoisotopic (exact) mass is 254 g/mol. The zero-order chi connectivity index (χ0) is 12.8. The van der Waals surface area contributed by atoms with E-state index in [2.05, 4.69) is 24.5 Å². The third-order valence-corrected chi connectivity index (χ3v) is 4.81. The van der Waals surface area contributed by atoms with Gasteiger partial charge in [0.1, 0.15) is 0 Å². The summed E-state index contributed by atoms with van der Waals surface area (Å²) in [5.74, 6) is 0.722. The molecule has 0 saturated carbocycles. The first kappa shape index (κ1) is 14.3. The molecular formula is C15H30N2O. The Kier molecular flexibility index (Phi) is 5.46. The highest BCUT2D eigenvalue weighted by atomic mass is 16.5. The minimum absolute atomic E-state index is 0.501. The first-order valence-corrected chi connectivity index (χ1v) is 7.78. The van der Waals surface area contributed by atoms with Crippen LogP contribution in [0.2, 0.25) is 0 Å². The SMILES string of the molecule is CCCC1(CNC(C)C2CCOC2)CCCNC1. The summed E-state index contributed by atoms with van der Waals surface area (Å²) in [4.78, 5) is 0. The highest BCUT2D eigenvalue weighted by Gasteiger charge is 2.32. The van der Waals surface area contributed by atoms with E-state index < -0.39 is 0 Å². The van der Waals surface area contributed by atoms with Crippen molar-refractivity contribution in [3.05, 3.63) is 0 Å². The molecule has 0 aromatic rings. The summed E-state index contributed by atoms with van der Waals surface area (Å²) in [6, 6.07) is 0.600. The highest BCUT2D eigenvalue weighted by Crippen LogP contribution is 2.31. The summed E-state index contributed by atoms with van der Waals surface area (Å²) in [5, 5.41) is 7.39. The lowest BCUT2D eigenvalue weighted by Crippen LogP contribution is -2.49. The van der Waals surface area contributed by atoms with Gasteiger partial charge in [0.15, 0.2) is 0 Å².